The van der Waals surface area contributed by atoms with Gasteiger partial charge in [0, 0.05) is 29.2 Å². The number of thiazole rings is 1. The van der Waals surface area contributed by atoms with E-state index in [0.717, 1.165) is 16.5 Å². The molecule has 3 heterocycles. The van der Waals surface area contributed by atoms with Crippen molar-refractivity contribution in [2.75, 3.05) is 6.61 Å². The van der Waals surface area contributed by atoms with Gasteiger partial charge < -0.3 is 9.30 Å². The first kappa shape index (κ1) is 23.7. The lowest BCUT2D eigenvalue weighted by Crippen LogP contribution is -2.39. The molecule has 36 heavy (non-hydrogen) atoms. The number of benzene rings is 2. The Kier molecular flexibility index (Phi) is 6.28. The van der Waals surface area contributed by atoms with Gasteiger partial charge >= 0.3 is 5.97 Å². The van der Waals surface area contributed by atoms with E-state index in [-0.39, 0.29) is 17.7 Å². The summed E-state index contributed by atoms with van der Waals surface area (Å²) < 4.78 is 23.1. The molecule has 1 unspecified atom stereocenters. The number of para-hydroxylation sites is 1. The molecule has 8 heteroatoms. The van der Waals surface area contributed by atoms with Gasteiger partial charge in [0.05, 0.1) is 28.5 Å². The standard InChI is InChI=1S/C28H24FN3O3S/c1-4-14-31-16-19(21-8-6-7-9-22(21)31)15-23-26(33)32-25(18-10-12-20(29)13-11-18)24(27(34)35-5-2)17(3)30-28(32)36-23/h4,6-13,15-16,25H,1,5,14H2,2-3H3/b23-15+. The van der Waals surface area contributed by atoms with Crippen molar-refractivity contribution in [2.45, 2.75) is 26.4 Å². The van der Waals surface area contributed by atoms with E-state index >= 15 is 0 Å². The number of nitrogens with zero attached hydrogens (tertiary/aromatic N) is 3. The Balaban J connectivity index is 1.74. The van der Waals surface area contributed by atoms with E-state index in [0.29, 0.717) is 27.1 Å². The zero-order valence-corrected chi connectivity index (χ0v) is 20.7. The molecule has 0 spiro atoms. The van der Waals surface area contributed by atoms with Crippen molar-refractivity contribution in [2.24, 2.45) is 4.99 Å². The number of ether oxygens (including phenoxy) is 1. The van der Waals surface area contributed by atoms with Crippen LogP contribution in [0.15, 0.2) is 88.4 Å². The highest BCUT2D eigenvalue weighted by molar-refractivity contribution is 7.07. The minimum atomic E-state index is -0.773. The quantitative estimate of drug-likeness (QED) is 0.295. The van der Waals surface area contributed by atoms with Gasteiger partial charge in [-0.15, -0.1) is 6.58 Å². The monoisotopic (exact) mass is 501 g/mol. The molecule has 182 valence electrons. The molecule has 1 atom stereocenters. The highest BCUT2D eigenvalue weighted by Gasteiger charge is 2.33. The van der Waals surface area contributed by atoms with Crippen LogP contribution in [0.25, 0.3) is 17.0 Å². The van der Waals surface area contributed by atoms with Crippen LogP contribution in [0.5, 0.6) is 0 Å². The Morgan fingerprint density at radius 2 is 1.97 bits per heavy atom. The molecule has 1 aliphatic rings. The molecule has 0 radical (unpaired) electrons. The number of fused-ring (bicyclic) bond motifs is 2. The molecule has 0 aliphatic carbocycles. The minimum Gasteiger partial charge on any atom is -0.463 e. The van der Waals surface area contributed by atoms with Gasteiger partial charge in [0.1, 0.15) is 5.82 Å². The number of rotatable bonds is 6. The Hall–Kier alpha value is -4.04. The molecule has 1 aliphatic heterocycles. The van der Waals surface area contributed by atoms with Crippen molar-refractivity contribution in [1.82, 2.24) is 9.13 Å². The molecule has 0 bridgehead atoms. The number of carbonyl (C=O) groups is 1. The molecular weight excluding hydrogens is 477 g/mol. The normalized spacial score (nSPS) is 15.6. The summed E-state index contributed by atoms with van der Waals surface area (Å²) in [5.74, 6) is -0.949. The fourth-order valence-corrected chi connectivity index (χ4v) is 5.61. The largest absolute Gasteiger partial charge is 0.463 e. The van der Waals surface area contributed by atoms with E-state index < -0.39 is 17.8 Å². The van der Waals surface area contributed by atoms with Gasteiger partial charge in [-0.1, -0.05) is 47.7 Å². The van der Waals surface area contributed by atoms with Crippen LogP contribution < -0.4 is 14.9 Å². The summed E-state index contributed by atoms with van der Waals surface area (Å²) in [5.41, 5.74) is 3.01. The number of hydrogen-bond donors (Lipinski definition) is 0. The van der Waals surface area contributed by atoms with E-state index in [1.165, 1.54) is 28.0 Å². The van der Waals surface area contributed by atoms with E-state index in [1.807, 2.05) is 42.6 Å². The number of halogens is 1. The lowest BCUT2D eigenvalue weighted by molar-refractivity contribution is -0.139. The van der Waals surface area contributed by atoms with Gasteiger partial charge in [0.2, 0.25) is 0 Å². The van der Waals surface area contributed by atoms with Crippen molar-refractivity contribution in [3.63, 3.8) is 0 Å². The van der Waals surface area contributed by atoms with Gasteiger partial charge in [-0.05, 0) is 43.7 Å². The van der Waals surface area contributed by atoms with Crippen LogP contribution in [-0.4, -0.2) is 21.7 Å². The molecular formula is C28H24FN3O3S. The first-order valence-corrected chi connectivity index (χ1v) is 12.4. The number of aromatic nitrogens is 2. The van der Waals surface area contributed by atoms with Gasteiger partial charge in [0.25, 0.3) is 5.56 Å². The van der Waals surface area contributed by atoms with Crippen LogP contribution in [-0.2, 0) is 16.1 Å². The molecule has 0 saturated carbocycles. The van der Waals surface area contributed by atoms with E-state index in [1.54, 1.807) is 26.0 Å². The lowest BCUT2D eigenvalue weighted by atomic mass is 9.96. The average Bonchev–Trinajstić information content (AvgIpc) is 3.36. The van der Waals surface area contributed by atoms with Crippen LogP contribution in [0.2, 0.25) is 0 Å². The van der Waals surface area contributed by atoms with Gasteiger partial charge in [-0.2, -0.15) is 0 Å². The first-order chi connectivity index (χ1) is 17.4. The van der Waals surface area contributed by atoms with E-state index in [9.17, 15) is 14.0 Å². The lowest BCUT2D eigenvalue weighted by Gasteiger charge is -2.24. The Morgan fingerprint density at radius 3 is 2.69 bits per heavy atom. The van der Waals surface area contributed by atoms with Gasteiger partial charge in [-0.3, -0.25) is 9.36 Å². The summed E-state index contributed by atoms with van der Waals surface area (Å²) in [5, 5.41) is 1.02. The third-order valence-electron chi connectivity index (χ3n) is 6.13. The molecule has 5 rings (SSSR count). The van der Waals surface area contributed by atoms with Crippen molar-refractivity contribution < 1.29 is 13.9 Å². The second-order valence-corrected chi connectivity index (χ2v) is 9.41. The SMILES string of the molecule is C=CCn1cc(/C=c2/sc3n(c2=O)C(c2ccc(F)cc2)C(C(=O)OCC)=C(C)N=3)c2ccccc21. The maximum Gasteiger partial charge on any atom is 0.338 e. The molecule has 2 aromatic carbocycles. The van der Waals surface area contributed by atoms with Crippen LogP contribution in [0.1, 0.15) is 31.0 Å². The van der Waals surface area contributed by atoms with Crippen LogP contribution in [0.4, 0.5) is 4.39 Å². The summed E-state index contributed by atoms with van der Waals surface area (Å²) in [6.45, 7) is 8.11. The maximum atomic E-state index is 13.8. The molecule has 0 amide bonds. The summed E-state index contributed by atoms with van der Waals surface area (Å²) >= 11 is 1.26. The highest BCUT2D eigenvalue weighted by Crippen LogP contribution is 2.31. The Bertz CT molecular complexity index is 1710. The second kappa shape index (κ2) is 9.54. The fraction of sp³-hybridized carbons (Fsp3) is 0.179. The zero-order valence-electron chi connectivity index (χ0n) is 19.9. The summed E-state index contributed by atoms with van der Waals surface area (Å²) in [7, 11) is 0. The average molecular weight is 502 g/mol. The van der Waals surface area contributed by atoms with Crippen molar-refractivity contribution in [3.8, 4) is 0 Å². The zero-order chi connectivity index (χ0) is 25.4. The third kappa shape index (κ3) is 4.03. The number of allylic oxidation sites excluding steroid dienone is 2. The summed E-state index contributed by atoms with van der Waals surface area (Å²) in [6.07, 6.45) is 5.68. The second-order valence-electron chi connectivity index (χ2n) is 8.40. The molecule has 0 saturated heterocycles. The highest BCUT2D eigenvalue weighted by atomic mass is 32.1. The first-order valence-electron chi connectivity index (χ1n) is 11.6. The van der Waals surface area contributed by atoms with Crippen LogP contribution in [0.3, 0.4) is 0 Å². The number of hydrogen-bond acceptors (Lipinski definition) is 5. The minimum absolute atomic E-state index is 0.185. The fourth-order valence-electron chi connectivity index (χ4n) is 4.57. The van der Waals surface area contributed by atoms with Crippen molar-refractivity contribution in [3.05, 3.63) is 115 Å². The Morgan fingerprint density at radius 1 is 1.22 bits per heavy atom. The molecule has 6 nitrogen and oxygen atoms in total. The third-order valence-corrected chi connectivity index (χ3v) is 7.12. The smallest absolute Gasteiger partial charge is 0.338 e. The molecule has 2 aromatic heterocycles. The predicted molar refractivity (Wildman–Crippen MR) is 139 cm³/mol. The van der Waals surface area contributed by atoms with E-state index in [4.69, 9.17) is 4.74 Å². The Labute approximate surface area is 210 Å². The summed E-state index contributed by atoms with van der Waals surface area (Å²) in [6, 6.07) is 13.0. The molecule has 0 N–H and O–H groups in total. The number of esters is 1. The topological polar surface area (TPSA) is 65.6 Å². The summed E-state index contributed by atoms with van der Waals surface area (Å²) in [4.78, 5) is 31.8. The maximum absolute atomic E-state index is 13.8. The molecule has 0 fully saturated rings. The van der Waals surface area contributed by atoms with Crippen molar-refractivity contribution in [1.29, 1.82) is 0 Å². The number of carbonyl (C=O) groups excluding carboxylic acids is 1. The van der Waals surface area contributed by atoms with E-state index in [2.05, 4.69) is 16.1 Å². The van der Waals surface area contributed by atoms with Crippen LogP contribution in [0, 0.1) is 5.82 Å². The van der Waals surface area contributed by atoms with Crippen LogP contribution >= 0.6 is 11.3 Å². The predicted octanol–water partition coefficient (Wildman–Crippen LogP) is 4.08. The molecule has 4 aromatic rings. The van der Waals surface area contributed by atoms with Crippen molar-refractivity contribution >= 4 is 34.3 Å². The van der Waals surface area contributed by atoms with Gasteiger partial charge in [-0.25, -0.2) is 14.2 Å². The van der Waals surface area contributed by atoms with Gasteiger partial charge in [0.15, 0.2) is 4.80 Å².